The SMILES string of the molecule is Cc1ncsc1-c1ccc(CNC(C)(O)[C@@H]2C[C@@H](O)CN2C(=O)C(C)c2ccccc2)cc1. The molecule has 2 aromatic carbocycles. The zero-order valence-corrected chi connectivity index (χ0v) is 20.0. The van der Waals surface area contributed by atoms with Gasteiger partial charge >= 0.3 is 0 Å². The highest BCUT2D eigenvalue weighted by molar-refractivity contribution is 7.13. The molecule has 1 aromatic heterocycles. The molecule has 1 aliphatic heterocycles. The fraction of sp³-hybridized carbons (Fsp3) is 0.385. The molecular formula is C26H31N3O3S. The van der Waals surface area contributed by atoms with E-state index < -0.39 is 17.9 Å². The number of rotatable bonds is 7. The first kappa shape index (κ1) is 23.6. The van der Waals surface area contributed by atoms with Crippen molar-refractivity contribution in [1.82, 2.24) is 15.2 Å². The number of hydrogen-bond donors (Lipinski definition) is 3. The Bertz CT molecular complexity index is 1080. The fourth-order valence-corrected chi connectivity index (χ4v) is 5.29. The molecule has 1 fully saturated rings. The number of hydrogen-bond acceptors (Lipinski definition) is 6. The number of aliphatic hydroxyl groups excluding tert-OH is 1. The van der Waals surface area contributed by atoms with Crippen molar-refractivity contribution in [2.24, 2.45) is 0 Å². The molecule has 6 nitrogen and oxygen atoms in total. The van der Waals surface area contributed by atoms with Crippen LogP contribution in [0, 0.1) is 6.92 Å². The molecule has 3 aromatic rings. The van der Waals surface area contributed by atoms with Crippen molar-refractivity contribution in [3.8, 4) is 10.4 Å². The summed E-state index contributed by atoms with van der Waals surface area (Å²) in [5.74, 6) is -0.438. The molecule has 174 valence electrons. The monoisotopic (exact) mass is 465 g/mol. The Morgan fingerprint density at radius 2 is 1.94 bits per heavy atom. The minimum Gasteiger partial charge on any atom is -0.391 e. The van der Waals surface area contributed by atoms with E-state index in [1.165, 1.54) is 0 Å². The van der Waals surface area contributed by atoms with E-state index in [4.69, 9.17) is 0 Å². The predicted molar refractivity (Wildman–Crippen MR) is 131 cm³/mol. The number of amides is 1. The predicted octanol–water partition coefficient (Wildman–Crippen LogP) is 3.68. The summed E-state index contributed by atoms with van der Waals surface area (Å²) in [6, 6.07) is 17.3. The van der Waals surface area contributed by atoms with Crippen LogP contribution in [-0.4, -0.2) is 50.4 Å². The van der Waals surface area contributed by atoms with E-state index in [-0.39, 0.29) is 18.4 Å². The summed E-state index contributed by atoms with van der Waals surface area (Å²) < 4.78 is 0. The number of likely N-dealkylation sites (tertiary alicyclic amines) is 1. The third-order valence-electron chi connectivity index (χ3n) is 6.49. The average molecular weight is 466 g/mol. The van der Waals surface area contributed by atoms with Crippen LogP contribution in [0.4, 0.5) is 0 Å². The quantitative estimate of drug-likeness (QED) is 0.464. The second-order valence-electron chi connectivity index (χ2n) is 8.99. The minimum absolute atomic E-state index is 0.0888. The van der Waals surface area contributed by atoms with Crippen molar-refractivity contribution in [1.29, 1.82) is 0 Å². The van der Waals surface area contributed by atoms with Crippen molar-refractivity contribution >= 4 is 17.2 Å². The van der Waals surface area contributed by atoms with Crippen molar-refractivity contribution in [2.75, 3.05) is 6.54 Å². The number of nitrogens with zero attached hydrogens (tertiary/aromatic N) is 2. The topological polar surface area (TPSA) is 85.7 Å². The number of nitrogens with one attached hydrogen (secondary N) is 1. The van der Waals surface area contributed by atoms with Gasteiger partial charge in [0.15, 0.2) is 0 Å². The maximum Gasteiger partial charge on any atom is 0.230 e. The van der Waals surface area contributed by atoms with Crippen LogP contribution < -0.4 is 5.32 Å². The molecule has 0 aliphatic carbocycles. The van der Waals surface area contributed by atoms with Gasteiger partial charge in [-0.15, -0.1) is 11.3 Å². The Labute approximate surface area is 198 Å². The highest BCUT2D eigenvalue weighted by Crippen LogP contribution is 2.31. The van der Waals surface area contributed by atoms with Crippen LogP contribution in [-0.2, 0) is 11.3 Å². The summed E-state index contributed by atoms with van der Waals surface area (Å²) in [4.78, 5) is 20.4. The Morgan fingerprint density at radius 1 is 1.24 bits per heavy atom. The molecule has 0 bridgehead atoms. The van der Waals surface area contributed by atoms with E-state index in [0.717, 1.165) is 27.3 Å². The Kier molecular flexibility index (Phi) is 6.95. The number of aliphatic hydroxyl groups is 2. The fourth-order valence-electron chi connectivity index (χ4n) is 4.48. The number of aryl methyl sites for hydroxylation is 1. The molecule has 2 heterocycles. The highest BCUT2D eigenvalue weighted by Gasteiger charge is 2.45. The molecule has 3 N–H and O–H groups in total. The number of benzene rings is 2. The third kappa shape index (κ3) is 5.17. The molecule has 33 heavy (non-hydrogen) atoms. The van der Waals surface area contributed by atoms with Crippen molar-refractivity contribution in [3.05, 3.63) is 76.9 Å². The van der Waals surface area contributed by atoms with E-state index in [1.54, 1.807) is 23.2 Å². The third-order valence-corrected chi connectivity index (χ3v) is 7.47. The van der Waals surface area contributed by atoms with Crippen LogP contribution in [0.3, 0.4) is 0 Å². The van der Waals surface area contributed by atoms with Gasteiger partial charge in [-0.3, -0.25) is 10.1 Å². The largest absolute Gasteiger partial charge is 0.391 e. The first-order valence-corrected chi connectivity index (χ1v) is 12.1. The molecule has 4 atom stereocenters. The molecule has 1 saturated heterocycles. The maximum atomic E-state index is 13.3. The lowest BCUT2D eigenvalue weighted by molar-refractivity contribution is -0.140. The Balaban J connectivity index is 1.44. The lowest BCUT2D eigenvalue weighted by Gasteiger charge is -2.38. The molecule has 1 aliphatic rings. The zero-order chi connectivity index (χ0) is 23.6. The van der Waals surface area contributed by atoms with Gasteiger partial charge < -0.3 is 15.1 Å². The molecule has 0 spiro atoms. The summed E-state index contributed by atoms with van der Waals surface area (Å²) in [6.07, 6.45) is -0.325. The lowest BCUT2D eigenvalue weighted by Crippen LogP contribution is -2.58. The molecular weight excluding hydrogens is 434 g/mol. The Hall–Kier alpha value is -2.58. The number of thiazole rings is 1. The molecule has 4 rings (SSSR count). The van der Waals surface area contributed by atoms with Crippen LogP contribution in [0.1, 0.15) is 43.0 Å². The van der Waals surface area contributed by atoms with E-state index >= 15 is 0 Å². The summed E-state index contributed by atoms with van der Waals surface area (Å²) in [5, 5.41) is 24.8. The standard InChI is InChI=1S/C26H31N3O3S/c1-17(20-7-5-4-6-8-20)25(31)29-15-22(30)13-23(29)26(3,32)28-14-19-9-11-21(12-10-19)24-18(2)27-16-33-24/h4-12,16-17,22-23,28,30,32H,13-15H2,1-3H3/t17?,22-,23+,26?/m1/s1. The van der Waals surface area contributed by atoms with Gasteiger partial charge in [0.1, 0.15) is 5.72 Å². The second kappa shape index (κ2) is 9.73. The van der Waals surface area contributed by atoms with E-state index in [2.05, 4.69) is 22.4 Å². The van der Waals surface area contributed by atoms with E-state index in [9.17, 15) is 15.0 Å². The maximum absolute atomic E-state index is 13.3. The van der Waals surface area contributed by atoms with Gasteiger partial charge in [0.05, 0.1) is 34.1 Å². The van der Waals surface area contributed by atoms with Crippen LogP contribution in [0.15, 0.2) is 60.1 Å². The first-order valence-electron chi connectivity index (χ1n) is 11.3. The van der Waals surface area contributed by atoms with Crippen molar-refractivity contribution < 1.29 is 15.0 Å². The smallest absolute Gasteiger partial charge is 0.230 e. The van der Waals surface area contributed by atoms with Gasteiger partial charge in [0.25, 0.3) is 0 Å². The molecule has 0 saturated carbocycles. The van der Waals surface area contributed by atoms with Gasteiger partial charge in [-0.1, -0.05) is 54.6 Å². The van der Waals surface area contributed by atoms with Gasteiger partial charge in [0, 0.05) is 13.1 Å². The summed E-state index contributed by atoms with van der Waals surface area (Å²) in [6.45, 7) is 6.21. The number of β-amino-alcohol motifs (C(OH)–C–C–N with tert-alkyl or cyclic N) is 1. The molecule has 7 heteroatoms. The van der Waals surface area contributed by atoms with Gasteiger partial charge in [0.2, 0.25) is 5.91 Å². The molecule has 2 unspecified atom stereocenters. The van der Waals surface area contributed by atoms with E-state index in [0.29, 0.717) is 13.0 Å². The van der Waals surface area contributed by atoms with Crippen molar-refractivity contribution in [2.45, 2.75) is 57.5 Å². The summed E-state index contributed by atoms with van der Waals surface area (Å²) in [7, 11) is 0. The second-order valence-corrected chi connectivity index (χ2v) is 9.85. The molecule has 1 amide bonds. The number of carbonyl (C=O) groups excluding carboxylic acids is 1. The normalized spacial score (nSPS) is 21.1. The zero-order valence-electron chi connectivity index (χ0n) is 19.2. The average Bonchev–Trinajstić information content (AvgIpc) is 3.43. The Morgan fingerprint density at radius 3 is 2.58 bits per heavy atom. The van der Waals surface area contributed by atoms with Crippen molar-refractivity contribution in [3.63, 3.8) is 0 Å². The van der Waals surface area contributed by atoms with Crippen LogP contribution in [0.25, 0.3) is 10.4 Å². The van der Waals surface area contributed by atoms with Crippen LogP contribution >= 0.6 is 11.3 Å². The molecule has 0 radical (unpaired) electrons. The van der Waals surface area contributed by atoms with Crippen LogP contribution in [0.2, 0.25) is 0 Å². The summed E-state index contributed by atoms with van der Waals surface area (Å²) >= 11 is 1.62. The van der Waals surface area contributed by atoms with Crippen LogP contribution in [0.5, 0.6) is 0 Å². The van der Waals surface area contributed by atoms with E-state index in [1.807, 2.05) is 61.8 Å². The number of carbonyl (C=O) groups is 1. The van der Waals surface area contributed by atoms with Gasteiger partial charge in [-0.05, 0) is 43.9 Å². The van der Waals surface area contributed by atoms with Gasteiger partial charge in [-0.2, -0.15) is 0 Å². The number of aromatic nitrogens is 1. The summed E-state index contributed by atoms with van der Waals surface area (Å²) in [5.41, 5.74) is 4.58. The lowest BCUT2D eigenvalue weighted by atomic mass is 9.97. The van der Waals surface area contributed by atoms with Gasteiger partial charge in [-0.25, -0.2) is 4.98 Å². The first-order chi connectivity index (χ1) is 15.8. The minimum atomic E-state index is -1.35. The highest BCUT2D eigenvalue weighted by atomic mass is 32.1.